The van der Waals surface area contributed by atoms with E-state index in [-0.39, 0.29) is 0 Å². The molecule has 0 spiro atoms. The van der Waals surface area contributed by atoms with Gasteiger partial charge in [0.15, 0.2) is 0 Å². The highest BCUT2D eigenvalue weighted by molar-refractivity contribution is 9.10. The molecule has 0 atom stereocenters. The molecule has 15 heavy (non-hydrogen) atoms. The third-order valence-electron chi connectivity index (χ3n) is 1.71. The first kappa shape index (κ1) is 12.3. The summed E-state index contributed by atoms with van der Waals surface area (Å²) in [5, 5.41) is 0. The average Bonchev–Trinajstić information content (AvgIpc) is 2.43. The van der Waals surface area contributed by atoms with E-state index >= 15 is 0 Å². The van der Waals surface area contributed by atoms with E-state index in [0.29, 0.717) is 12.2 Å². The van der Waals surface area contributed by atoms with Gasteiger partial charge >= 0.3 is 0 Å². The number of rotatable bonds is 3. The number of aromatic nitrogens is 1. The van der Waals surface area contributed by atoms with Gasteiger partial charge in [0.25, 0.3) is 5.91 Å². The minimum absolute atomic E-state index is 0.315. The quantitative estimate of drug-likeness (QED) is 0.903. The van der Waals surface area contributed by atoms with Crippen LogP contribution in [0, 0.1) is 0 Å². The number of hydrogen-bond donors (Lipinski definition) is 1. The lowest BCUT2D eigenvalue weighted by atomic mass is 10.4. The molecule has 0 radical (unpaired) electrons. The third-order valence-corrected chi connectivity index (χ3v) is 2.70. The molecule has 0 aliphatic heterocycles. The predicted molar refractivity (Wildman–Crippen MR) is 60.1 cm³/mol. The van der Waals surface area contributed by atoms with Gasteiger partial charge in [-0.2, -0.15) is 0 Å². The minimum Gasteiger partial charge on any atom is -0.343 e. The van der Waals surface area contributed by atoms with Crippen molar-refractivity contribution in [3.05, 3.63) is 22.4 Å². The fourth-order valence-corrected chi connectivity index (χ4v) is 2.05. The Morgan fingerprint density at radius 2 is 2.20 bits per heavy atom. The standard InChI is InChI=1S/C8H11BrN2O3S/c1-3-11-5-6(9)4-7(11)8(12)10-15(2,13)14/h4-5H,3H2,1-2H3,(H,10,12). The van der Waals surface area contributed by atoms with Crippen LogP contribution >= 0.6 is 15.9 Å². The highest BCUT2D eigenvalue weighted by Crippen LogP contribution is 2.14. The maximum absolute atomic E-state index is 11.5. The van der Waals surface area contributed by atoms with Crippen molar-refractivity contribution in [2.75, 3.05) is 6.26 Å². The van der Waals surface area contributed by atoms with Crippen LogP contribution in [0.15, 0.2) is 16.7 Å². The van der Waals surface area contributed by atoms with E-state index in [2.05, 4.69) is 15.9 Å². The Morgan fingerprint density at radius 1 is 1.60 bits per heavy atom. The predicted octanol–water partition coefficient (Wildman–Crippen LogP) is 0.960. The summed E-state index contributed by atoms with van der Waals surface area (Å²) in [4.78, 5) is 11.5. The summed E-state index contributed by atoms with van der Waals surface area (Å²) in [6.07, 6.45) is 2.66. The lowest BCUT2D eigenvalue weighted by Gasteiger charge is -2.05. The molecule has 1 aromatic rings. The van der Waals surface area contributed by atoms with E-state index in [0.717, 1.165) is 10.7 Å². The molecule has 0 aromatic carbocycles. The first-order valence-electron chi connectivity index (χ1n) is 4.21. The summed E-state index contributed by atoms with van der Waals surface area (Å²) < 4.78 is 26.0. The second kappa shape index (κ2) is 4.36. The van der Waals surface area contributed by atoms with Gasteiger partial charge in [0.2, 0.25) is 10.0 Å². The molecular weight excluding hydrogens is 284 g/mol. The molecule has 0 aliphatic carbocycles. The Hall–Kier alpha value is -0.820. The summed E-state index contributed by atoms with van der Waals surface area (Å²) in [5.74, 6) is -0.620. The van der Waals surface area contributed by atoms with Crippen LogP contribution in [0.4, 0.5) is 0 Å². The van der Waals surface area contributed by atoms with Crippen LogP contribution in [0.1, 0.15) is 17.4 Å². The van der Waals surface area contributed by atoms with Gasteiger partial charge in [0.1, 0.15) is 5.69 Å². The van der Waals surface area contributed by atoms with Crippen molar-refractivity contribution in [2.24, 2.45) is 0 Å². The van der Waals surface area contributed by atoms with Gasteiger partial charge in [-0.15, -0.1) is 0 Å². The van der Waals surface area contributed by atoms with Gasteiger partial charge in [-0.25, -0.2) is 13.1 Å². The second-order valence-corrected chi connectivity index (χ2v) is 5.70. The van der Waals surface area contributed by atoms with E-state index in [1.54, 1.807) is 16.8 Å². The summed E-state index contributed by atoms with van der Waals surface area (Å²) in [7, 11) is -3.52. The molecule has 84 valence electrons. The molecule has 1 heterocycles. The number of carbonyl (C=O) groups is 1. The van der Waals surface area contributed by atoms with Gasteiger partial charge in [-0.1, -0.05) is 0 Å². The van der Waals surface area contributed by atoms with Gasteiger partial charge in [0.05, 0.1) is 6.26 Å². The zero-order valence-electron chi connectivity index (χ0n) is 8.32. The summed E-state index contributed by atoms with van der Waals surface area (Å²) in [6, 6.07) is 1.57. The third kappa shape index (κ3) is 3.35. The van der Waals surface area contributed by atoms with Crippen molar-refractivity contribution in [3.63, 3.8) is 0 Å². The zero-order valence-corrected chi connectivity index (χ0v) is 10.7. The SMILES string of the molecule is CCn1cc(Br)cc1C(=O)NS(C)(=O)=O. The molecule has 1 amide bonds. The van der Waals surface area contributed by atoms with Crippen LogP contribution in [0.5, 0.6) is 0 Å². The molecular formula is C8H11BrN2O3S. The fourth-order valence-electron chi connectivity index (χ4n) is 1.15. The number of nitrogens with one attached hydrogen (secondary N) is 1. The Labute approximate surface area is 96.7 Å². The minimum atomic E-state index is -3.52. The smallest absolute Gasteiger partial charge is 0.281 e. The number of nitrogens with zero attached hydrogens (tertiary/aromatic N) is 1. The van der Waals surface area contributed by atoms with E-state index in [4.69, 9.17) is 0 Å². The number of hydrogen-bond acceptors (Lipinski definition) is 3. The normalized spacial score (nSPS) is 11.4. The largest absolute Gasteiger partial charge is 0.343 e. The van der Waals surface area contributed by atoms with Gasteiger partial charge < -0.3 is 4.57 Å². The van der Waals surface area contributed by atoms with Gasteiger partial charge in [-0.3, -0.25) is 4.79 Å². The number of halogens is 1. The number of carbonyl (C=O) groups excluding carboxylic acids is 1. The summed E-state index contributed by atoms with van der Waals surface area (Å²) in [5.41, 5.74) is 0.315. The van der Waals surface area contributed by atoms with Crippen molar-refractivity contribution in [2.45, 2.75) is 13.5 Å². The highest BCUT2D eigenvalue weighted by atomic mass is 79.9. The Morgan fingerprint density at radius 3 is 2.67 bits per heavy atom. The summed E-state index contributed by atoms with van der Waals surface area (Å²) >= 11 is 3.22. The average molecular weight is 295 g/mol. The monoisotopic (exact) mass is 294 g/mol. The molecule has 0 fully saturated rings. The molecule has 1 rings (SSSR count). The van der Waals surface area contributed by atoms with Crippen molar-refractivity contribution in [1.29, 1.82) is 0 Å². The Balaban J connectivity index is 3.01. The number of aryl methyl sites for hydroxylation is 1. The summed E-state index contributed by atoms with van der Waals surface area (Å²) in [6.45, 7) is 2.46. The van der Waals surface area contributed by atoms with Crippen molar-refractivity contribution >= 4 is 31.9 Å². The van der Waals surface area contributed by atoms with Gasteiger partial charge in [-0.05, 0) is 28.9 Å². The lowest BCUT2D eigenvalue weighted by Crippen LogP contribution is -2.30. The Bertz CT molecular complexity index is 478. The van der Waals surface area contributed by atoms with Crippen LogP contribution < -0.4 is 4.72 Å². The van der Waals surface area contributed by atoms with Crippen molar-refractivity contribution in [3.8, 4) is 0 Å². The van der Waals surface area contributed by atoms with Crippen molar-refractivity contribution in [1.82, 2.24) is 9.29 Å². The topological polar surface area (TPSA) is 68.2 Å². The van der Waals surface area contributed by atoms with Crippen LogP contribution in [-0.4, -0.2) is 25.1 Å². The molecule has 1 aromatic heterocycles. The molecule has 0 bridgehead atoms. The molecule has 0 saturated heterocycles. The number of amides is 1. The van der Waals surface area contributed by atoms with E-state index in [1.165, 1.54) is 0 Å². The lowest BCUT2D eigenvalue weighted by molar-refractivity contribution is 0.0973. The molecule has 0 aliphatic rings. The molecule has 0 unspecified atom stereocenters. The van der Waals surface area contributed by atoms with Crippen LogP contribution in [-0.2, 0) is 16.6 Å². The maximum atomic E-state index is 11.5. The first-order valence-corrected chi connectivity index (χ1v) is 6.89. The fraction of sp³-hybridized carbons (Fsp3) is 0.375. The molecule has 5 nitrogen and oxygen atoms in total. The highest BCUT2D eigenvalue weighted by Gasteiger charge is 2.15. The van der Waals surface area contributed by atoms with Gasteiger partial charge in [0, 0.05) is 17.2 Å². The zero-order chi connectivity index (χ0) is 11.6. The molecule has 1 N–H and O–H groups in total. The van der Waals surface area contributed by atoms with E-state index < -0.39 is 15.9 Å². The first-order chi connectivity index (χ1) is 6.83. The van der Waals surface area contributed by atoms with Crippen LogP contribution in [0.25, 0.3) is 0 Å². The van der Waals surface area contributed by atoms with E-state index in [1.807, 2.05) is 11.6 Å². The van der Waals surface area contributed by atoms with Crippen LogP contribution in [0.2, 0.25) is 0 Å². The maximum Gasteiger partial charge on any atom is 0.281 e. The van der Waals surface area contributed by atoms with Crippen molar-refractivity contribution < 1.29 is 13.2 Å². The van der Waals surface area contributed by atoms with Crippen LogP contribution in [0.3, 0.4) is 0 Å². The molecule has 0 saturated carbocycles. The number of sulfonamides is 1. The molecule has 7 heteroatoms. The van der Waals surface area contributed by atoms with E-state index in [9.17, 15) is 13.2 Å². The second-order valence-electron chi connectivity index (χ2n) is 3.03. The Kier molecular flexibility index (Phi) is 3.56.